The van der Waals surface area contributed by atoms with E-state index < -0.39 is 6.04 Å². The number of rotatable bonds is 4. The zero-order chi connectivity index (χ0) is 24.0. The minimum absolute atomic E-state index is 0.116. The van der Waals surface area contributed by atoms with Crippen LogP contribution in [-0.2, 0) is 4.79 Å². The molecule has 34 heavy (non-hydrogen) atoms. The maximum atomic E-state index is 13.5. The molecule has 4 aromatic rings. The van der Waals surface area contributed by atoms with Gasteiger partial charge in [-0.15, -0.1) is 0 Å². The molecule has 0 saturated carbocycles. The second kappa shape index (κ2) is 8.70. The van der Waals surface area contributed by atoms with Crippen LogP contribution in [0.25, 0.3) is 17.4 Å². The highest BCUT2D eigenvalue weighted by Crippen LogP contribution is 2.34. The smallest absolute Gasteiger partial charge is 0.271 e. The molecule has 0 saturated heterocycles. The molecule has 170 valence electrons. The van der Waals surface area contributed by atoms with Crippen LogP contribution in [0, 0.1) is 0 Å². The van der Waals surface area contributed by atoms with E-state index in [1.807, 2.05) is 30.3 Å². The molecule has 6 nitrogen and oxygen atoms in total. The molecular weight excluding hydrogens is 516 g/mol. The molecule has 8 heteroatoms. The van der Waals surface area contributed by atoms with Gasteiger partial charge in [0.15, 0.2) is 10.6 Å². The third-order valence-electron chi connectivity index (χ3n) is 5.59. The van der Waals surface area contributed by atoms with Gasteiger partial charge in [-0.25, -0.2) is 4.99 Å². The van der Waals surface area contributed by atoms with E-state index in [2.05, 4.69) is 20.9 Å². The number of hydrogen-bond donors (Lipinski definition) is 1. The van der Waals surface area contributed by atoms with Gasteiger partial charge < -0.3 is 9.52 Å². The van der Waals surface area contributed by atoms with E-state index in [-0.39, 0.29) is 17.1 Å². The molecule has 0 aliphatic carbocycles. The Labute approximate surface area is 207 Å². The Kier molecular flexibility index (Phi) is 5.71. The summed E-state index contributed by atoms with van der Waals surface area (Å²) < 4.78 is 9.12. The minimum atomic E-state index is -0.718. The van der Waals surface area contributed by atoms with Crippen LogP contribution >= 0.6 is 27.3 Å². The van der Waals surface area contributed by atoms with Crippen LogP contribution in [0.15, 0.2) is 90.6 Å². The van der Waals surface area contributed by atoms with Gasteiger partial charge in [-0.1, -0.05) is 51.5 Å². The molecule has 1 atom stereocenters. The van der Waals surface area contributed by atoms with Crippen LogP contribution in [0.5, 0.6) is 5.75 Å². The maximum Gasteiger partial charge on any atom is 0.271 e. The number of phenols is 1. The third-order valence-corrected chi connectivity index (χ3v) is 7.11. The lowest BCUT2D eigenvalue weighted by atomic mass is 9.98. The maximum absolute atomic E-state index is 13.5. The number of furan rings is 1. The van der Waals surface area contributed by atoms with Crippen LogP contribution in [0.3, 0.4) is 0 Å². The SMILES string of the molecule is CC(=O)C1=C(C)N=c2s/c(=C/c3cccc(O)c3)c(=O)n2[C@H]1c1ccc(-c2ccc(Br)cc2)o1. The molecule has 1 aliphatic heterocycles. The highest BCUT2D eigenvalue weighted by molar-refractivity contribution is 9.10. The van der Waals surface area contributed by atoms with E-state index in [9.17, 15) is 14.7 Å². The second-order valence-electron chi connectivity index (χ2n) is 7.94. The lowest BCUT2D eigenvalue weighted by molar-refractivity contribution is -0.114. The highest BCUT2D eigenvalue weighted by atomic mass is 79.9. The molecule has 0 fully saturated rings. The Hall–Kier alpha value is -3.49. The number of phenolic OH excluding ortho intramolecular Hbond substituents is 1. The Bertz CT molecular complexity index is 1640. The van der Waals surface area contributed by atoms with E-state index in [1.54, 1.807) is 43.3 Å². The van der Waals surface area contributed by atoms with Gasteiger partial charge in [-0.3, -0.25) is 14.2 Å². The molecule has 2 aromatic carbocycles. The first-order valence-corrected chi connectivity index (χ1v) is 12.1. The van der Waals surface area contributed by atoms with Crippen molar-refractivity contribution in [3.05, 3.63) is 107 Å². The average molecular weight is 535 g/mol. The van der Waals surface area contributed by atoms with E-state index in [0.717, 1.165) is 10.0 Å². The van der Waals surface area contributed by atoms with Gasteiger partial charge >= 0.3 is 0 Å². The number of halogens is 1. The van der Waals surface area contributed by atoms with Crippen molar-refractivity contribution < 1.29 is 14.3 Å². The first-order valence-electron chi connectivity index (χ1n) is 10.5. The van der Waals surface area contributed by atoms with Crippen molar-refractivity contribution in [2.45, 2.75) is 19.9 Å². The number of thiazole rings is 1. The molecule has 0 radical (unpaired) electrons. The lowest BCUT2D eigenvalue weighted by Crippen LogP contribution is -2.39. The van der Waals surface area contributed by atoms with E-state index in [1.165, 1.54) is 22.8 Å². The summed E-state index contributed by atoms with van der Waals surface area (Å²) in [5.41, 5.74) is 2.29. The molecular formula is C26H19BrN2O4S. The molecule has 3 heterocycles. The molecule has 1 aliphatic rings. The number of aromatic nitrogens is 1. The first kappa shape index (κ1) is 22.3. The van der Waals surface area contributed by atoms with Crippen LogP contribution in [-0.4, -0.2) is 15.5 Å². The predicted octanol–water partition coefficient (Wildman–Crippen LogP) is 4.55. The predicted molar refractivity (Wildman–Crippen MR) is 134 cm³/mol. The largest absolute Gasteiger partial charge is 0.508 e. The number of carbonyl (C=O) groups excluding carboxylic acids is 1. The molecule has 5 rings (SSSR count). The van der Waals surface area contributed by atoms with Crippen molar-refractivity contribution in [2.24, 2.45) is 4.99 Å². The summed E-state index contributed by atoms with van der Waals surface area (Å²) >= 11 is 4.67. The average Bonchev–Trinajstić information content (AvgIpc) is 3.39. The monoisotopic (exact) mass is 534 g/mol. The highest BCUT2D eigenvalue weighted by Gasteiger charge is 2.33. The van der Waals surface area contributed by atoms with Crippen molar-refractivity contribution in [3.8, 4) is 17.1 Å². The van der Waals surface area contributed by atoms with Gasteiger partial charge in [0.05, 0.1) is 4.53 Å². The number of allylic oxidation sites excluding steroid dienone is 2. The van der Waals surface area contributed by atoms with Crippen molar-refractivity contribution in [1.29, 1.82) is 0 Å². The van der Waals surface area contributed by atoms with Gasteiger partial charge in [0.25, 0.3) is 5.56 Å². The summed E-state index contributed by atoms with van der Waals surface area (Å²) in [6.07, 6.45) is 1.71. The summed E-state index contributed by atoms with van der Waals surface area (Å²) in [5, 5.41) is 9.78. The molecule has 0 unspecified atom stereocenters. The summed E-state index contributed by atoms with van der Waals surface area (Å²) in [6, 6.07) is 17.3. The van der Waals surface area contributed by atoms with Gasteiger partial charge in [0, 0.05) is 21.3 Å². The van der Waals surface area contributed by atoms with Crippen LogP contribution < -0.4 is 14.9 Å². The number of fused-ring (bicyclic) bond motifs is 1. The van der Waals surface area contributed by atoms with Crippen molar-refractivity contribution in [2.75, 3.05) is 0 Å². The number of ketones is 1. The van der Waals surface area contributed by atoms with Gasteiger partial charge in [-0.05, 0) is 61.9 Å². The van der Waals surface area contributed by atoms with Crippen LogP contribution in [0.2, 0.25) is 0 Å². The fourth-order valence-corrected chi connectivity index (χ4v) is 5.39. The topological polar surface area (TPSA) is 84.8 Å². The number of benzene rings is 2. The molecule has 0 amide bonds. The Morgan fingerprint density at radius 3 is 2.65 bits per heavy atom. The minimum Gasteiger partial charge on any atom is -0.508 e. The lowest BCUT2D eigenvalue weighted by Gasteiger charge is -2.22. The summed E-state index contributed by atoms with van der Waals surface area (Å²) in [5.74, 6) is 1.07. The Balaban J connectivity index is 1.69. The normalized spacial score (nSPS) is 15.9. The number of aromatic hydroxyl groups is 1. The summed E-state index contributed by atoms with van der Waals surface area (Å²) in [6.45, 7) is 3.25. The van der Waals surface area contributed by atoms with Gasteiger partial charge in [-0.2, -0.15) is 0 Å². The summed E-state index contributed by atoms with van der Waals surface area (Å²) in [7, 11) is 0. The molecule has 0 spiro atoms. The standard InChI is InChI=1S/C26H19BrN2O4S/c1-14-23(15(2)30)24(21-11-10-20(33-21)17-6-8-18(27)9-7-17)29-25(32)22(34-26(29)28-14)13-16-4-3-5-19(31)12-16/h3-13,24,31H,1-2H3/b22-13+/t24-/m0/s1. The Morgan fingerprint density at radius 2 is 1.94 bits per heavy atom. The fourth-order valence-electron chi connectivity index (χ4n) is 4.07. The zero-order valence-electron chi connectivity index (χ0n) is 18.3. The second-order valence-corrected chi connectivity index (χ2v) is 9.87. The van der Waals surface area contributed by atoms with E-state index in [4.69, 9.17) is 4.42 Å². The molecule has 0 bridgehead atoms. The van der Waals surface area contributed by atoms with Gasteiger partial charge in [0.2, 0.25) is 0 Å². The summed E-state index contributed by atoms with van der Waals surface area (Å²) in [4.78, 5) is 31.2. The first-order chi connectivity index (χ1) is 16.3. The molecule has 1 N–H and O–H groups in total. The van der Waals surface area contributed by atoms with Crippen molar-refractivity contribution in [3.63, 3.8) is 0 Å². The fraction of sp³-hybridized carbons (Fsp3) is 0.115. The third kappa shape index (κ3) is 3.99. The van der Waals surface area contributed by atoms with Crippen LogP contribution in [0.1, 0.15) is 31.2 Å². The zero-order valence-corrected chi connectivity index (χ0v) is 20.7. The quantitative estimate of drug-likeness (QED) is 0.416. The number of Topliss-reactive ketones (excluding diaryl/α,β-unsaturated/α-hetero) is 1. The van der Waals surface area contributed by atoms with Crippen molar-refractivity contribution in [1.82, 2.24) is 4.57 Å². The van der Waals surface area contributed by atoms with E-state index >= 15 is 0 Å². The van der Waals surface area contributed by atoms with Gasteiger partial charge in [0.1, 0.15) is 23.3 Å². The molecule has 2 aromatic heterocycles. The number of nitrogens with zero attached hydrogens (tertiary/aromatic N) is 2. The van der Waals surface area contributed by atoms with E-state index in [0.29, 0.717) is 37.7 Å². The number of carbonyl (C=O) groups is 1. The van der Waals surface area contributed by atoms with Crippen molar-refractivity contribution >= 4 is 39.1 Å². The number of hydrogen-bond acceptors (Lipinski definition) is 6. The van der Waals surface area contributed by atoms with Crippen LogP contribution in [0.4, 0.5) is 0 Å². The Morgan fingerprint density at radius 1 is 1.18 bits per heavy atom.